The van der Waals surface area contributed by atoms with Crippen LogP contribution in [0.25, 0.3) is 55.0 Å². The lowest BCUT2D eigenvalue weighted by Crippen LogP contribution is -2.07. The molecule has 0 N–H and O–H groups in total. The molecule has 0 aliphatic rings. The molecule has 0 unspecified atom stereocenters. The molecule has 0 spiro atoms. The summed E-state index contributed by atoms with van der Waals surface area (Å²) in [5.41, 5.74) is -0.0186. The SMILES string of the molecule is N#Cc1cc(-n2c3ccccc3c3ccc(C(F)(F)F)cc32)c(C#N)cc1-n1c2ccccc2c2ccc(C(F)(F)F)cc21. The molecule has 2 aromatic heterocycles. The van der Waals surface area contributed by atoms with E-state index in [0.29, 0.717) is 32.6 Å². The zero-order chi connectivity index (χ0) is 31.0. The number of nitriles is 2. The third kappa shape index (κ3) is 3.99. The molecule has 0 atom stereocenters. The fourth-order valence-electron chi connectivity index (χ4n) is 5.94. The highest BCUT2D eigenvalue weighted by molar-refractivity contribution is 6.11. The van der Waals surface area contributed by atoms with E-state index in [4.69, 9.17) is 0 Å². The first-order valence-electron chi connectivity index (χ1n) is 13.2. The van der Waals surface area contributed by atoms with Gasteiger partial charge in [0.25, 0.3) is 0 Å². The molecule has 0 aliphatic heterocycles. The first kappa shape index (κ1) is 27.1. The number of benzene rings is 5. The van der Waals surface area contributed by atoms with E-state index in [0.717, 1.165) is 24.3 Å². The highest BCUT2D eigenvalue weighted by atomic mass is 19.4. The molecule has 2 heterocycles. The molecule has 214 valence electrons. The average Bonchev–Trinajstić information content (AvgIpc) is 3.51. The van der Waals surface area contributed by atoms with Gasteiger partial charge in [0.2, 0.25) is 0 Å². The van der Waals surface area contributed by atoms with Crippen LogP contribution in [0, 0.1) is 22.7 Å². The molecule has 7 rings (SSSR count). The van der Waals surface area contributed by atoms with Gasteiger partial charge in [0.1, 0.15) is 12.1 Å². The van der Waals surface area contributed by atoms with Crippen molar-refractivity contribution < 1.29 is 26.3 Å². The molecule has 7 aromatic rings. The van der Waals surface area contributed by atoms with Gasteiger partial charge in [-0.3, -0.25) is 0 Å². The molecule has 0 aliphatic carbocycles. The van der Waals surface area contributed by atoms with E-state index in [1.807, 2.05) is 0 Å². The van der Waals surface area contributed by atoms with Gasteiger partial charge in [0.15, 0.2) is 0 Å². The predicted molar refractivity (Wildman–Crippen MR) is 155 cm³/mol. The van der Waals surface area contributed by atoms with E-state index < -0.39 is 23.5 Å². The molecule has 0 bridgehead atoms. The summed E-state index contributed by atoms with van der Waals surface area (Å²) >= 11 is 0. The van der Waals surface area contributed by atoms with Gasteiger partial charge in [-0.2, -0.15) is 36.9 Å². The lowest BCUT2D eigenvalue weighted by atomic mass is 10.1. The number of hydrogen-bond acceptors (Lipinski definition) is 2. The first-order valence-corrected chi connectivity index (χ1v) is 13.2. The molecule has 0 amide bonds. The normalized spacial score (nSPS) is 12.3. The van der Waals surface area contributed by atoms with Gasteiger partial charge >= 0.3 is 12.4 Å². The van der Waals surface area contributed by atoms with E-state index in [9.17, 15) is 36.9 Å². The Morgan fingerprint density at radius 2 is 0.818 bits per heavy atom. The van der Waals surface area contributed by atoms with E-state index >= 15 is 0 Å². The zero-order valence-corrected chi connectivity index (χ0v) is 22.3. The molecule has 0 saturated heterocycles. The monoisotopic (exact) mass is 594 g/mol. The number of hydrogen-bond donors (Lipinski definition) is 0. The molecule has 44 heavy (non-hydrogen) atoms. The van der Waals surface area contributed by atoms with Crippen molar-refractivity contribution in [1.29, 1.82) is 10.5 Å². The third-order valence-corrected chi connectivity index (χ3v) is 7.84. The Morgan fingerprint density at radius 1 is 0.455 bits per heavy atom. The number of alkyl halides is 6. The second kappa shape index (κ2) is 9.38. The van der Waals surface area contributed by atoms with Gasteiger partial charge in [0, 0.05) is 21.5 Å². The Labute approximate surface area is 244 Å². The van der Waals surface area contributed by atoms with Gasteiger partial charge in [-0.25, -0.2) is 0 Å². The summed E-state index contributed by atoms with van der Waals surface area (Å²) in [6.07, 6.45) is -9.25. The van der Waals surface area contributed by atoms with Crippen LogP contribution in [-0.2, 0) is 12.4 Å². The van der Waals surface area contributed by atoms with Gasteiger partial charge < -0.3 is 9.13 Å². The minimum atomic E-state index is -4.62. The van der Waals surface area contributed by atoms with Crippen molar-refractivity contribution in [2.45, 2.75) is 12.4 Å². The second-order valence-electron chi connectivity index (χ2n) is 10.3. The maximum atomic E-state index is 13.8. The molecule has 10 heteroatoms. The Kier molecular flexibility index (Phi) is 5.78. The largest absolute Gasteiger partial charge is 0.416 e. The van der Waals surface area contributed by atoms with Crippen LogP contribution in [-0.4, -0.2) is 9.13 Å². The van der Waals surface area contributed by atoms with E-state index in [1.165, 1.54) is 33.4 Å². The highest BCUT2D eigenvalue weighted by Gasteiger charge is 2.33. The molecule has 0 saturated carbocycles. The molecule has 0 radical (unpaired) electrons. The molecular weight excluding hydrogens is 578 g/mol. The number of halogens is 6. The average molecular weight is 595 g/mol. The fraction of sp³-hybridized carbons (Fsp3) is 0.0588. The summed E-state index contributed by atoms with van der Waals surface area (Å²) in [5, 5.41) is 23.0. The lowest BCUT2D eigenvalue weighted by molar-refractivity contribution is -0.138. The number of para-hydroxylation sites is 2. The highest BCUT2D eigenvalue weighted by Crippen LogP contribution is 2.41. The van der Waals surface area contributed by atoms with Crippen LogP contribution >= 0.6 is 0 Å². The quantitative estimate of drug-likeness (QED) is 0.187. The fourth-order valence-corrected chi connectivity index (χ4v) is 5.94. The van der Waals surface area contributed by atoms with Crippen molar-refractivity contribution >= 4 is 43.6 Å². The van der Waals surface area contributed by atoms with Gasteiger partial charge in [-0.15, -0.1) is 0 Å². The van der Waals surface area contributed by atoms with Crippen LogP contribution < -0.4 is 0 Å². The van der Waals surface area contributed by atoms with E-state index in [1.54, 1.807) is 48.5 Å². The zero-order valence-electron chi connectivity index (χ0n) is 22.3. The Hall–Kier alpha value is -5.74. The molecule has 5 aromatic carbocycles. The second-order valence-corrected chi connectivity index (χ2v) is 10.3. The van der Waals surface area contributed by atoms with Crippen molar-refractivity contribution in [3.8, 4) is 23.5 Å². The summed E-state index contributed by atoms with van der Waals surface area (Å²) in [6.45, 7) is 0. The summed E-state index contributed by atoms with van der Waals surface area (Å²) in [5.74, 6) is 0. The minimum Gasteiger partial charge on any atom is -0.308 e. The van der Waals surface area contributed by atoms with Crippen molar-refractivity contribution in [2.24, 2.45) is 0 Å². The summed E-state index contributed by atoms with van der Waals surface area (Å²) in [6, 6.07) is 27.6. The summed E-state index contributed by atoms with van der Waals surface area (Å²) < 4.78 is 85.6. The topological polar surface area (TPSA) is 57.4 Å². The van der Waals surface area contributed by atoms with Gasteiger partial charge in [-0.1, -0.05) is 48.5 Å². The number of nitrogens with zero attached hydrogens (tertiary/aromatic N) is 4. The van der Waals surface area contributed by atoms with Crippen molar-refractivity contribution in [2.75, 3.05) is 0 Å². The standard InChI is InChI=1S/C34H16F6N4/c35-33(36,37)21-9-11-25-23-5-1-3-7-27(23)43(31(25)15-21)29-13-20(18-42)30(14-19(29)17-41)44-28-8-4-2-6-24(28)26-12-10-22(16-32(26)44)34(38,39)40/h1-16H. The van der Waals surface area contributed by atoms with Crippen LogP contribution in [0.2, 0.25) is 0 Å². The van der Waals surface area contributed by atoms with E-state index in [-0.39, 0.29) is 33.5 Å². The maximum absolute atomic E-state index is 13.8. The van der Waals surface area contributed by atoms with Crippen LogP contribution in [0.5, 0.6) is 0 Å². The van der Waals surface area contributed by atoms with Crippen LogP contribution in [0.15, 0.2) is 97.1 Å². The van der Waals surface area contributed by atoms with Crippen LogP contribution in [0.3, 0.4) is 0 Å². The van der Waals surface area contributed by atoms with Crippen molar-refractivity contribution in [3.05, 3.63) is 119 Å². The van der Waals surface area contributed by atoms with Crippen LogP contribution in [0.4, 0.5) is 26.3 Å². The number of rotatable bonds is 2. The third-order valence-electron chi connectivity index (χ3n) is 7.84. The number of fused-ring (bicyclic) bond motifs is 6. The molecular formula is C34H16F6N4. The lowest BCUT2D eigenvalue weighted by Gasteiger charge is -2.16. The summed E-state index contributed by atoms with van der Waals surface area (Å²) in [4.78, 5) is 0. The molecule has 0 fully saturated rings. The minimum absolute atomic E-state index is 0.0111. The Bertz CT molecular complexity index is 2230. The molecule has 4 nitrogen and oxygen atoms in total. The van der Waals surface area contributed by atoms with Crippen molar-refractivity contribution in [1.82, 2.24) is 9.13 Å². The first-order chi connectivity index (χ1) is 21.0. The van der Waals surface area contributed by atoms with E-state index in [2.05, 4.69) is 12.1 Å². The Morgan fingerprint density at radius 3 is 1.18 bits per heavy atom. The smallest absolute Gasteiger partial charge is 0.308 e. The predicted octanol–water partition coefficient (Wildman–Crippen LogP) is 9.66. The van der Waals surface area contributed by atoms with Gasteiger partial charge in [-0.05, 0) is 48.5 Å². The van der Waals surface area contributed by atoms with Gasteiger partial charge in [0.05, 0.1) is 55.7 Å². The maximum Gasteiger partial charge on any atom is 0.416 e. The van der Waals surface area contributed by atoms with Crippen molar-refractivity contribution in [3.63, 3.8) is 0 Å². The Balaban J connectivity index is 1.58. The van der Waals surface area contributed by atoms with Crippen LogP contribution in [0.1, 0.15) is 22.3 Å². The number of aromatic nitrogens is 2. The summed E-state index contributed by atoms with van der Waals surface area (Å²) in [7, 11) is 0.